The molecule has 102 valence electrons. The molecule has 2 aliphatic carbocycles. The number of nitrogens with one attached hydrogen (secondary N) is 1. The van der Waals surface area contributed by atoms with Crippen LogP contribution in [0.2, 0.25) is 0 Å². The number of benzene rings is 1. The standard InChI is InChI=1S/C15H18BrNO2/c16-12-5-9(6-13-15(12)19-8-18-13)7-17-14(10-1-2-10)11-3-4-11/h5-6,10-11,14,17H,1-4,7-8H2. The van der Waals surface area contributed by atoms with Gasteiger partial charge in [-0.1, -0.05) is 0 Å². The van der Waals surface area contributed by atoms with Gasteiger partial charge in [-0.2, -0.15) is 0 Å². The monoisotopic (exact) mass is 323 g/mol. The fourth-order valence-electron chi connectivity index (χ4n) is 2.99. The van der Waals surface area contributed by atoms with Gasteiger partial charge >= 0.3 is 0 Å². The van der Waals surface area contributed by atoms with Crippen LogP contribution in [0.15, 0.2) is 16.6 Å². The molecule has 2 fully saturated rings. The summed E-state index contributed by atoms with van der Waals surface area (Å²) in [5.41, 5.74) is 1.27. The Morgan fingerprint density at radius 1 is 1.16 bits per heavy atom. The van der Waals surface area contributed by atoms with Crippen molar-refractivity contribution < 1.29 is 9.47 Å². The molecular formula is C15H18BrNO2. The molecule has 0 spiro atoms. The molecule has 4 rings (SSSR count). The Bertz CT molecular complexity index is 485. The Balaban J connectivity index is 1.46. The van der Waals surface area contributed by atoms with Crippen LogP contribution in [0.1, 0.15) is 31.2 Å². The second kappa shape index (κ2) is 4.67. The van der Waals surface area contributed by atoms with Gasteiger partial charge in [0.1, 0.15) is 0 Å². The van der Waals surface area contributed by atoms with Crippen LogP contribution in [-0.2, 0) is 6.54 Å². The van der Waals surface area contributed by atoms with E-state index in [0.29, 0.717) is 6.79 Å². The summed E-state index contributed by atoms with van der Waals surface area (Å²) in [4.78, 5) is 0. The first-order valence-corrected chi connectivity index (χ1v) is 7.92. The van der Waals surface area contributed by atoms with Crippen molar-refractivity contribution in [3.63, 3.8) is 0 Å². The maximum atomic E-state index is 5.47. The predicted octanol–water partition coefficient (Wildman–Crippen LogP) is 3.46. The third-order valence-corrected chi connectivity index (χ3v) is 4.88. The molecule has 3 nitrogen and oxygen atoms in total. The average molecular weight is 324 g/mol. The third-order valence-electron chi connectivity index (χ3n) is 4.29. The van der Waals surface area contributed by atoms with E-state index < -0.39 is 0 Å². The van der Waals surface area contributed by atoms with Crippen molar-refractivity contribution >= 4 is 15.9 Å². The molecular weight excluding hydrogens is 306 g/mol. The van der Waals surface area contributed by atoms with Crippen molar-refractivity contribution in [3.8, 4) is 11.5 Å². The van der Waals surface area contributed by atoms with Gasteiger partial charge in [0.25, 0.3) is 0 Å². The molecule has 1 aliphatic heterocycles. The van der Waals surface area contributed by atoms with Gasteiger partial charge in [-0.3, -0.25) is 0 Å². The van der Waals surface area contributed by atoms with Crippen LogP contribution in [0, 0.1) is 11.8 Å². The third kappa shape index (κ3) is 2.48. The van der Waals surface area contributed by atoms with Crippen LogP contribution < -0.4 is 14.8 Å². The summed E-state index contributed by atoms with van der Waals surface area (Å²) >= 11 is 3.55. The molecule has 0 saturated heterocycles. The topological polar surface area (TPSA) is 30.5 Å². The SMILES string of the molecule is Brc1cc(CNC(C2CC2)C2CC2)cc2c1OCO2. The van der Waals surface area contributed by atoms with Gasteiger partial charge in [0.05, 0.1) is 4.47 Å². The lowest BCUT2D eigenvalue weighted by atomic mass is 10.1. The van der Waals surface area contributed by atoms with Crippen molar-refractivity contribution in [3.05, 3.63) is 22.2 Å². The van der Waals surface area contributed by atoms with Gasteiger partial charge in [-0.25, -0.2) is 0 Å². The van der Waals surface area contributed by atoms with E-state index in [4.69, 9.17) is 9.47 Å². The van der Waals surface area contributed by atoms with Gasteiger partial charge in [-0.15, -0.1) is 0 Å². The summed E-state index contributed by atoms with van der Waals surface area (Å²) in [5, 5.41) is 3.76. The summed E-state index contributed by atoms with van der Waals surface area (Å²) in [6.45, 7) is 1.25. The van der Waals surface area contributed by atoms with Gasteiger partial charge in [0.15, 0.2) is 11.5 Å². The molecule has 0 atom stereocenters. The van der Waals surface area contributed by atoms with E-state index in [1.165, 1.54) is 31.2 Å². The van der Waals surface area contributed by atoms with Crippen LogP contribution in [-0.4, -0.2) is 12.8 Å². The largest absolute Gasteiger partial charge is 0.454 e. The summed E-state index contributed by atoms with van der Waals surface area (Å²) in [5.74, 6) is 3.57. The smallest absolute Gasteiger partial charge is 0.231 e. The van der Waals surface area contributed by atoms with E-state index in [0.717, 1.165) is 40.4 Å². The van der Waals surface area contributed by atoms with Crippen LogP contribution in [0.25, 0.3) is 0 Å². The molecule has 0 unspecified atom stereocenters. The van der Waals surface area contributed by atoms with Gasteiger partial charge < -0.3 is 14.8 Å². The molecule has 0 radical (unpaired) electrons. The highest BCUT2D eigenvalue weighted by molar-refractivity contribution is 9.10. The molecule has 2 saturated carbocycles. The van der Waals surface area contributed by atoms with Crippen LogP contribution in [0.3, 0.4) is 0 Å². The fourth-order valence-corrected chi connectivity index (χ4v) is 3.59. The zero-order valence-electron chi connectivity index (χ0n) is 10.8. The Morgan fingerprint density at radius 2 is 1.89 bits per heavy atom. The first kappa shape index (κ1) is 12.0. The molecule has 0 amide bonds. The summed E-state index contributed by atoms with van der Waals surface area (Å²) in [6, 6.07) is 4.97. The van der Waals surface area contributed by atoms with E-state index in [1.54, 1.807) is 0 Å². The zero-order valence-corrected chi connectivity index (χ0v) is 12.4. The molecule has 1 aromatic rings. The van der Waals surface area contributed by atoms with E-state index in [-0.39, 0.29) is 0 Å². The number of hydrogen-bond acceptors (Lipinski definition) is 3. The lowest BCUT2D eigenvalue weighted by Crippen LogP contribution is -2.32. The van der Waals surface area contributed by atoms with Crippen LogP contribution in [0.5, 0.6) is 11.5 Å². The number of hydrogen-bond donors (Lipinski definition) is 1. The van der Waals surface area contributed by atoms with Crippen molar-refractivity contribution in [2.45, 2.75) is 38.3 Å². The molecule has 19 heavy (non-hydrogen) atoms. The molecule has 0 aromatic heterocycles. The number of halogens is 1. The minimum Gasteiger partial charge on any atom is -0.454 e. The van der Waals surface area contributed by atoms with E-state index in [9.17, 15) is 0 Å². The first-order valence-electron chi connectivity index (χ1n) is 7.12. The van der Waals surface area contributed by atoms with E-state index in [1.807, 2.05) is 0 Å². The number of fused-ring (bicyclic) bond motifs is 1. The Hall–Kier alpha value is -0.740. The van der Waals surface area contributed by atoms with Crippen LogP contribution in [0.4, 0.5) is 0 Å². The minimum atomic E-state index is 0.331. The molecule has 1 aromatic carbocycles. The van der Waals surface area contributed by atoms with Gasteiger partial charge in [-0.05, 0) is 71.1 Å². The maximum Gasteiger partial charge on any atom is 0.231 e. The molecule has 3 aliphatic rings. The lowest BCUT2D eigenvalue weighted by Gasteiger charge is -2.18. The summed E-state index contributed by atoms with van der Waals surface area (Å²) in [6.07, 6.45) is 5.66. The quantitative estimate of drug-likeness (QED) is 0.900. The highest BCUT2D eigenvalue weighted by Crippen LogP contribution is 2.45. The Kier molecular flexibility index (Phi) is 2.96. The Morgan fingerprint density at radius 3 is 2.58 bits per heavy atom. The normalized spacial score (nSPS) is 21.2. The number of ether oxygens (including phenoxy) is 2. The number of rotatable bonds is 5. The van der Waals surface area contributed by atoms with Crippen LogP contribution >= 0.6 is 15.9 Å². The highest BCUT2D eigenvalue weighted by atomic mass is 79.9. The first-order chi connectivity index (χ1) is 9.31. The molecule has 4 heteroatoms. The Labute approximate surface area is 121 Å². The summed E-state index contributed by atoms with van der Waals surface area (Å²) < 4.78 is 11.9. The van der Waals surface area contributed by atoms with E-state index in [2.05, 4.69) is 33.4 Å². The van der Waals surface area contributed by atoms with Gasteiger partial charge in [0.2, 0.25) is 6.79 Å². The van der Waals surface area contributed by atoms with Crippen molar-refractivity contribution in [2.75, 3.05) is 6.79 Å². The second-order valence-electron chi connectivity index (χ2n) is 5.89. The predicted molar refractivity (Wildman–Crippen MR) is 76.3 cm³/mol. The van der Waals surface area contributed by atoms with E-state index >= 15 is 0 Å². The second-order valence-corrected chi connectivity index (χ2v) is 6.75. The zero-order chi connectivity index (χ0) is 12.8. The van der Waals surface area contributed by atoms with Gasteiger partial charge in [0, 0.05) is 12.6 Å². The molecule has 0 bridgehead atoms. The molecule has 1 heterocycles. The maximum absolute atomic E-state index is 5.47. The van der Waals surface area contributed by atoms with Crippen molar-refractivity contribution in [1.29, 1.82) is 0 Å². The summed E-state index contributed by atoms with van der Waals surface area (Å²) in [7, 11) is 0. The van der Waals surface area contributed by atoms with Crippen molar-refractivity contribution in [2.24, 2.45) is 11.8 Å². The van der Waals surface area contributed by atoms with Crippen molar-refractivity contribution in [1.82, 2.24) is 5.32 Å². The fraction of sp³-hybridized carbons (Fsp3) is 0.600. The lowest BCUT2D eigenvalue weighted by molar-refractivity contribution is 0.173. The highest BCUT2D eigenvalue weighted by Gasteiger charge is 2.40. The molecule has 1 N–H and O–H groups in total. The average Bonchev–Trinajstić information content (AvgIpc) is 3.30. The minimum absolute atomic E-state index is 0.331.